The Morgan fingerprint density at radius 2 is 1.85 bits per heavy atom. The van der Waals surface area contributed by atoms with Gasteiger partial charge in [0.1, 0.15) is 5.60 Å². The molecule has 0 bridgehead atoms. The summed E-state index contributed by atoms with van der Waals surface area (Å²) in [4.78, 5) is 54.6. The van der Waals surface area contributed by atoms with Gasteiger partial charge in [0.2, 0.25) is 0 Å². The smallest absolute Gasteiger partial charge is 0.412 e. The Morgan fingerprint density at radius 1 is 1.06 bits per heavy atom. The minimum atomic E-state index is -1.21. The molecule has 12 nitrogen and oxygen atoms in total. The molecule has 3 amide bonds. The van der Waals surface area contributed by atoms with Crippen LogP contribution in [0.2, 0.25) is 0 Å². The molecule has 1 saturated heterocycles. The molecule has 272 valence electrons. The predicted octanol–water partition coefficient (Wildman–Crippen LogP) is 7.03. The van der Waals surface area contributed by atoms with Crippen molar-refractivity contribution < 1.29 is 24.2 Å². The summed E-state index contributed by atoms with van der Waals surface area (Å²) < 4.78 is 5.51. The lowest BCUT2D eigenvalue weighted by molar-refractivity contribution is 0.0495. The fraction of sp³-hybridized carbons (Fsp3) is 0.375. The highest BCUT2D eigenvalue weighted by molar-refractivity contribution is 6.11. The van der Waals surface area contributed by atoms with Crippen LogP contribution in [0, 0.1) is 5.92 Å². The number of carboxylic acid groups (broad SMARTS) is 1. The van der Waals surface area contributed by atoms with E-state index in [1.807, 2.05) is 75.4 Å². The molecule has 2 aromatic heterocycles. The molecule has 12 heteroatoms. The molecule has 2 atom stereocenters. The van der Waals surface area contributed by atoms with E-state index in [4.69, 9.17) is 9.72 Å². The fourth-order valence-electron chi connectivity index (χ4n) is 6.85. The van der Waals surface area contributed by atoms with E-state index in [9.17, 15) is 19.5 Å². The molecule has 0 aliphatic carbocycles. The van der Waals surface area contributed by atoms with Crippen LogP contribution in [0.15, 0.2) is 79.1 Å². The monoisotopic (exact) mass is 705 g/mol. The molecule has 0 radical (unpaired) electrons. The summed E-state index contributed by atoms with van der Waals surface area (Å²) in [5, 5.41) is 17.2. The molecule has 6 rings (SSSR count). The third kappa shape index (κ3) is 8.86. The molecular formula is C40H47N7O5. The van der Waals surface area contributed by atoms with E-state index in [1.54, 1.807) is 18.5 Å². The number of hydrogen-bond acceptors (Lipinski definition) is 8. The molecule has 1 fully saturated rings. The van der Waals surface area contributed by atoms with Gasteiger partial charge in [-0.15, -0.1) is 0 Å². The average Bonchev–Trinajstić information content (AvgIpc) is 3.09. The van der Waals surface area contributed by atoms with Gasteiger partial charge in [-0.2, -0.15) is 0 Å². The molecular weight excluding hydrogens is 658 g/mol. The maximum absolute atomic E-state index is 14.4. The van der Waals surface area contributed by atoms with E-state index in [0.29, 0.717) is 24.3 Å². The zero-order valence-corrected chi connectivity index (χ0v) is 30.4. The van der Waals surface area contributed by atoms with Crippen molar-refractivity contribution in [3.8, 4) is 0 Å². The number of likely N-dealkylation sites (N-methyl/N-ethyl adjacent to an activating group) is 1. The van der Waals surface area contributed by atoms with Crippen LogP contribution >= 0.6 is 0 Å². The molecule has 2 aromatic carbocycles. The molecule has 2 aliphatic heterocycles. The molecule has 4 heterocycles. The SMILES string of the molecule is C[C@@H]1C[C@H](NC(=O)OC(C)(C)C)CN(c2ccncc2NC(=O)c2nc3cc(C4=CCN(C)CC4)ccc3cc2N(Cc2ccccc2)C(=O)O)C1. The Kier molecular flexibility index (Phi) is 10.8. The number of nitrogens with one attached hydrogen (secondary N) is 2. The summed E-state index contributed by atoms with van der Waals surface area (Å²) in [5.74, 6) is -0.335. The van der Waals surface area contributed by atoms with Crippen LogP contribution < -0.4 is 20.4 Å². The number of carbonyl (C=O) groups is 3. The van der Waals surface area contributed by atoms with E-state index < -0.39 is 23.7 Å². The normalized spacial score (nSPS) is 18.0. The van der Waals surface area contributed by atoms with Crippen LogP contribution in [0.25, 0.3) is 16.5 Å². The molecule has 52 heavy (non-hydrogen) atoms. The first-order valence-corrected chi connectivity index (χ1v) is 17.7. The largest absolute Gasteiger partial charge is 0.465 e. The second-order valence-corrected chi connectivity index (χ2v) is 14.8. The summed E-state index contributed by atoms with van der Waals surface area (Å²) in [5.41, 5.74) is 4.29. The van der Waals surface area contributed by atoms with E-state index in [-0.39, 0.29) is 29.9 Å². The van der Waals surface area contributed by atoms with Crippen molar-refractivity contribution in [1.82, 2.24) is 20.2 Å². The Morgan fingerprint density at radius 3 is 2.56 bits per heavy atom. The number of alkyl carbamates (subject to hydrolysis) is 1. The highest BCUT2D eigenvalue weighted by atomic mass is 16.6. The molecule has 4 aromatic rings. The predicted molar refractivity (Wildman–Crippen MR) is 204 cm³/mol. The van der Waals surface area contributed by atoms with E-state index >= 15 is 0 Å². The first-order chi connectivity index (χ1) is 24.8. The van der Waals surface area contributed by atoms with Gasteiger partial charge in [-0.05, 0) is 81.5 Å². The van der Waals surface area contributed by atoms with Gasteiger partial charge in [0.25, 0.3) is 5.91 Å². The number of amides is 3. The maximum Gasteiger partial charge on any atom is 0.412 e. The lowest BCUT2D eigenvalue weighted by atomic mass is 9.95. The Balaban J connectivity index is 1.35. The van der Waals surface area contributed by atoms with Crippen LogP contribution in [0.1, 0.15) is 62.2 Å². The van der Waals surface area contributed by atoms with Crippen molar-refractivity contribution in [2.45, 2.75) is 58.7 Å². The van der Waals surface area contributed by atoms with Crippen molar-refractivity contribution in [3.63, 3.8) is 0 Å². The second-order valence-electron chi connectivity index (χ2n) is 14.8. The van der Waals surface area contributed by atoms with Crippen LogP contribution in [0.5, 0.6) is 0 Å². The van der Waals surface area contributed by atoms with Crippen LogP contribution in [-0.4, -0.2) is 82.9 Å². The van der Waals surface area contributed by atoms with E-state index in [1.165, 1.54) is 5.57 Å². The van der Waals surface area contributed by atoms with Crippen LogP contribution in [0.3, 0.4) is 0 Å². The highest BCUT2D eigenvalue weighted by Gasteiger charge is 2.30. The number of fused-ring (bicyclic) bond motifs is 1. The molecule has 0 unspecified atom stereocenters. The fourth-order valence-corrected chi connectivity index (χ4v) is 6.85. The Hall–Kier alpha value is -5.49. The first-order valence-electron chi connectivity index (χ1n) is 17.7. The van der Waals surface area contributed by atoms with Crippen molar-refractivity contribution >= 4 is 51.6 Å². The van der Waals surface area contributed by atoms with Crippen molar-refractivity contribution in [2.75, 3.05) is 48.3 Å². The molecule has 0 spiro atoms. The number of piperidine rings is 1. The van der Waals surface area contributed by atoms with Gasteiger partial charge < -0.3 is 30.3 Å². The second kappa shape index (κ2) is 15.4. The Bertz CT molecular complexity index is 1980. The number of rotatable bonds is 8. The van der Waals surface area contributed by atoms with Gasteiger partial charge in [0.05, 0.1) is 35.3 Å². The quantitative estimate of drug-likeness (QED) is 0.176. The van der Waals surface area contributed by atoms with Gasteiger partial charge >= 0.3 is 12.2 Å². The van der Waals surface area contributed by atoms with Gasteiger partial charge in [-0.25, -0.2) is 14.6 Å². The number of carbonyl (C=O) groups excluding carboxylic acids is 2. The molecule has 2 aliphatic rings. The summed E-state index contributed by atoms with van der Waals surface area (Å²) in [6, 6.07) is 18.6. The summed E-state index contributed by atoms with van der Waals surface area (Å²) in [6.07, 6.45) is 5.42. The topological polar surface area (TPSA) is 140 Å². The minimum absolute atomic E-state index is 0.0216. The number of ether oxygens (including phenoxy) is 1. The van der Waals surface area contributed by atoms with E-state index in [0.717, 1.165) is 53.0 Å². The highest BCUT2D eigenvalue weighted by Crippen LogP contribution is 2.33. The zero-order chi connectivity index (χ0) is 37.0. The number of anilines is 3. The molecule has 3 N–H and O–H groups in total. The van der Waals surface area contributed by atoms with Gasteiger partial charge in [0.15, 0.2) is 5.69 Å². The number of aromatic nitrogens is 2. The molecule has 0 saturated carbocycles. The standard InChI is InChI=1S/C40H47N7O5/c1-26-19-31(42-38(49)52-40(2,3)4)25-46(23-26)34-13-16-41-22-33(34)44-37(48)36-35(47(39(50)51)24-27-9-7-6-8-10-27)21-30-12-11-29(20-32(30)43-36)28-14-17-45(5)18-15-28/h6-14,16,20-22,26,31H,15,17-19,23-25H2,1-5H3,(H,42,49)(H,44,48)(H,50,51)/t26-,31+/m1/s1. The average molecular weight is 706 g/mol. The maximum atomic E-state index is 14.4. The lowest BCUT2D eigenvalue weighted by Gasteiger charge is -2.39. The third-order valence-corrected chi connectivity index (χ3v) is 9.27. The van der Waals surface area contributed by atoms with Gasteiger partial charge in [-0.1, -0.05) is 55.5 Å². The number of pyridine rings is 2. The summed E-state index contributed by atoms with van der Waals surface area (Å²) >= 11 is 0. The Labute approximate surface area is 304 Å². The summed E-state index contributed by atoms with van der Waals surface area (Å²) in [7, 11) is 2.09. The third-order valence-electron chi connectivity index (χ3n) is 9.27. The number of benzene rings is 2. The van der Waals surface area contributed by atoms with Gasteiger partial charge in [0, 0.05) is 43.8 Å². The van der Waals surface area contributed by atoms with Gasteiger partial charge in [-0.3, -0.25) is 14.7 Å². The van der Waals surface area contributed by atoms with E-state index in [2.05, 4.69) is 45.5 Å². The lowest BCUT2D eigenvalue weighted by Crippen LogP contribution is -2.51. The van der Waals surface area contributed by atoms with Crippen molar-refractivity contribution in [1.29, 1.82) is 0 Å². The zero-order valence-electron chi connectivity index (χ0n) is 30.4. The van der Waals surface area contributed by atoms with Crippen molar-refractivity contribution in [3.05, 3.63) is 96.0 Å². The van der Waals surface area contributed by atoms with Crippen LogP contribution in [-0.2, 0) is 11.3 Å². The first kappa shape index (κ1) is 36.3. The van der Waals surface area contributed by atoms with Crippen molar-refractivity contribution in [2.24, 2.45) is 5.92 Å². The number of nitrogens with zero attached hydrogens (tertiary/aromatic N) is 5. The summed E-state index contributed by atoms with van der Waals surface area (Å²) in [6.45, 7) is 10.6. The minimum Gasteiger partial charge on any atom is -0.465 e. The number of hydrogen-bond donors (Lipinski definition) is 3. The van der Waals surface area contributed by atoms with Crippen LogP contribution in [0.4, 0.5) is 26.7 Å².